The highest BCUT2D eigenvalue weighted by molar-refractivity contribution is 5.71. The fraction of sp³-hybridized carbons (Fsp3) is 0.643. The standard InChI is InChI=1S/C14H19N3O3/c1-16-12(18)10-5-2-6-11(10)15-14(16)17-7-3-4-9(8-17)13(19)20/h9H,2-8H2,1H3,(H,19,20)/t9-/m1/s1. The SMILES string of the molecule is Cn1c(N2CCC[C@@H](C(=O)O)C2)nc2c(c1=O)CCC2. The molecule has 0 radical (unpaired) electrons. The van der Waals surface area contributed by atoms with Crippen molar-refractivity contribution in [1.82, 2.24) is 9.55 Å². The van der Waals surface area contributed by atoms with Crippen LogP contribution in [-0.4, -0.2) is 33.7 Å². The molecule has 1 aromatic rings. The van der Waals surface area contributed by atoms with Gasteiger partial charge in [0.15, 0.2) is 0 Å². The van der Waals surface area contributed by atoms with Crippen LogP contribution in [0, 0.1) is 5.92 Å². The first-order chi connectivity index (χ1) is 9.58. The number of nitrogens with zero attached hydrogens (tertiary/aromatic N) is 3. The number of aryl methyl sites for hydroxylation is 1. The normalized spacial score (nSPS) is 21.9. The Morgan fingerprint density at radius 1 is 1.35 bits per heavy atom. The number of carbonyl (C=O) groups is 1. The molecule has 1 fully saturated rings. The van der Waals surface area contributed by atoms with Crippen LogP contribution in [0.5, 0.6) is 0 Å². The molecular weight excluding hydrogens is 258 g/mol. The molecule has 20 heavy (non-hydrogen) atoms. The van der Waals surface area contributed by atoms with Gasteiger partial charge in [0, 0.05) is 25.7 Å². The van der Waals surface area contributed by atoms with Gasteiger partial charge in [0.25, 0.3) is 5.56 Å². The molecule has 1 aliphatic carbocycles. The Morgan fingerprint density at radius 3 is 2.90 bits per heavy atom. The average Bonchev–Trinajstić information content (AvgIpc) is 2.91. The molecule has 0 aromatic carbocycles. The quantitative estimate of drug-likeness (QED) is 0.855. The number of piperidine rings is 1. The summed E-state index contributed by atoms with van der Waals surface area (Å²) in [5, 5.41) is 9.17. The van der Waals surface area contributed by atoms with Gasteiger partial charge in [-0.3, -0.25) is 14.2 Å². The predicted molar refractivity (Wildman–Crippen MR) is 74.1 cm³/mol. The topological polar surface area (TPSA) is 75.4 Å². The van der Waals surface area contributed by atoms with Gasteiger partial charge in [0.1, 0.15) is 0 Å². The van der Waals surface area contributed by atoms with Gasteiger partial charge in [0.05, 0.1) is 11.6 Å². The average molecular weight is 277 g/mol. The van der Waals surface area contributed by atoms with Crippen molar-refractivity contribution in [2.24, 2.45) is 13.0 Å². The second-order valence-electron chi connectivity index (χ2n) is 5.68. The predicted octanol–water partition coefficient (Wildman–Crippen LogP) is 0.570. The molecule has 0 saturated carbocycles. The third-order valence-electron chi connectivity index (χ3n) is 4.34. The van der Waals surface area contributed by atoms with Crippen molar-refractivity contribution in [3.05, 3.63) is 21.6 Å². The van der Waals surface area contributed by atoms with Gasteiger partial charge < -0.3 is 10.0 Å². The van der Waals surface area contributed by atoms with Crippen LogP contribution in [0.4, 0.5) is 5.95 Å². The number of aliphatic carboxylic acids is 1. The lowest BCUT2D eigenvalue weighted by molar-refractivity contribution is -0.141. The van der Waals surface area contributed by atoms with E-state index >= 15 is 0 Å². The highest BCUT2D eigenvalue weighted by Crippen LogP contribution is 2.24. The minimum absolute atomic E-state index is 0.0277. The molecule has 1 atom stereocenters. The van der Waals surface area contributed by atoms with Crippen LogP contribution in [0.3, 0.4) is 0 Å². The van der Waals surface area contributed by atoms with Crippen LogP contribution < -0.4 is 10.5 Å². The summed E-state index contributed by atoms with van der Waals surface area (Å²) in [6.07, 6.45) is 4.18. The molecular formula is C14H19N3O3. The van der Waals surface area contributed by atoms with E-state index < -0.39 is 5.97 Å². The summed E-state index contributed by atoms with van der Waals surface area (Å²) in [4.78, 5) is 30.0. The molecule has 0 bridgehead atoms. The Hall–Kier alpha value is -1.85. The monoisotopic (exact) mass is 277 g/mol. The molecule has 6 nitrogen and oxygen atoms in total. The summed E-state index contributed by atoms with van der Waals surface area (Å²) in [6.45, 7) is 1.21. The van der Waals surface area contributed by atoms with E-state index in [0.29, 0.717) is 18.9 Å². The lowest BCUT2D eigenvalue weighted by Crippen LogP contribution is -2.42. The van der Waals surface area contributed by atoms with Crippen LogP contribution in [0.2, 0.25) is 0 Å². The zero-order valence-electron chi connectivity index (χ0n) is 11.6. The summed E-state index contributed by atoms with van der Waals surface area (Å²) in [5.74, 6) is -0.503. The number of rotatable bonds is 2. The number of aromatic nitrogens is 2. The molecule has 2 aliphatic rings. The van der Waals surface area contributed by atoms with Gasteiger partial charge in [-0.15, -0.1) is 0 Å². The summed E-state index contributed by atoms with van der Waals surface area (Å²) in [7, 11) is 1.73. The number of anilines is 1. The highest BCUT2D eigenvalue weighted by atomic mass is 16.4. The van der Waals surface area contributed by atoms with Gasteiger partial charge >= 0.3 is 5.97 Å². The molecule has 6 heteroatoms. The van der Waals surface area contributed by atoms with Crippen molar-refractivity contribution in [2.75, 3.05) is 18.0 Å². The smallest absolute Gasteiger partial charge is 0.308 e. The Labute approximate surface area is 117 Å². The van der Waals surface area contributed by atoms with E-state index in [2.05, 4.69) is 4.98 Å². The Kier molecular flexibility index (Phi) is 3.23. The number of carboxylic acid groups (broad SMARTS) is 1. The molecule has 3 rings (SSSR count). The molecule has 1 saturated heterocycles. The molecule has 1 aliphatic heterocycles. The van der Waals surface area contributed by atoms with Crippen molar-refractivity contribution in [2.45, 2.75) is 32.1 Å². The highest BCUT2D eigenvalue weighted by Gasteiger charge is 2.29. The van der Waals surface area contributed by atoms with E-state index in [1.165, 1.54) is 0 Å². The molecule has 1 N–H and O–H groups in total. The van der Waals surface area contributed by atoms with E-state index in [4.69, 9.17) is 5.11 Å². The summed E-state index contributed by atoms with van der Waals surface area (Å²) < 4.78 is 1.58. The molecule has 1 aromatic heterocycles. The van der Waals surface area contributed by atoms with Crippen molar-refractivity contribution >= 4 is 11.9 Å². The first-order valence-electron chi connectivity index (χ1n) is 7.14. The van der Waals surface area contributed by atoms with Crippen molar-refractivity contribution in [3.8, 4) is 0 Å². The lowest BCUT2D eigenvalue weighted by Gasteiger charge is -2.32. The van der Waals surface area contributed by atoms with E-state index in [0.717, 1.165) is 43.5 Å². The van der Waals surface area contributed by atoms with Crippen molar-refractivity contribution in [3.63, 3.8) is 0 Å². The van der Waals surface area contributed by atoms with Crippen LogP contribution in [0.1, 0.15) is 30.5 Å². The molecule has 0 unspecified atom stereocenters. The van der Waals surface area contributed by atoms with Crippen molar-refractivity contribution in [1.29, 1.82) is 0 Å². The number of carboxylic acids is 1. The summed E-state index contributed by atoms with van der Waals surface area (Å²) in [5.41, 5.74) is 1.77. The number of hydrogen-bond acceptors (Lipinski definition) is 4. The minimum Gasteiger partial charge on any atom is -0.481 e. The zero-order valence-corrected chi connectivity index (χ0v) is 11.6. The Morgan fingerprint density at radius 2 is 2.15 bits per heavy atom. The molecule has 108 valence electrons. The third kappa shape index (κ3) is 2.09. The minimum atomic E-state index is -0.763. The van der Waals surface area contributed by atoms with Crippen LogP contribution in [0.15, 0.2) is 4.79 Å². The molecule has 0 amide bonds. The second kappa shape index (κ2) is 4.92. The fourth-order valence-electron chi connectivity index (χ4n) is 3.21. The maximum Gasteiger partial charge on any atom is 0.308 e. The number of fused-ring (bicyclic) bond motifs is 1. The lowest BCUT2D eigenvalue weighted by atomic mass is 9.99. The fourth-order valence-corrected chi connectivity index (χ4v) is 3.21. The zero-order chi connectivity index (χ0) is 14.3. The van der Waals surface area contributed by atoms with Gasteiger partial charge in [-0.25, -0.2) is 4.98 Å². The third-order valence-corrected chi connectivity index (χ3v) is 4.34. The van der Waals surface area contributed by atoms with Gasteiger partial charge in [-0.05, 0) is 32.1 Å². The Bertz CT molecular complexity index is 608. The molecule has 0 spiro atoms. The van der Waals surface area contributed by atoms with Crippen LogP contribution in [-0.2, 0) is 24.7 Å². The first-order valence-corrected chi connectivity index (χ1v) is 7.14. The van der Waals surface area contributed by atoms with Crippen LogP contribution >= 0.6 is 0 Å². The van der Waals surface area contributed by atoms with E-state index in [9.17, 15) is 9.59 Å². The maximum absolute atomic E-state index is 12.3. The number of hydrogen-bond donors (Lipinski definition) is 1. The summed E-state index contributed by atoms with van der Waals surface area (Å²) >= 11 is 0. The van der Waals surface area contributed by atoms with Crippen molar-refractivity contribution < 1.29 is 9.90 Å². The van der Waals surface area contributed by atoms with Crippen LogP contribution in [0.25, 0.3) is 0 Å². The Balaban J connectivity index is 1.96. The molecule has 2 heterocycles. The van der Waals surface area contributed by atoms with Gasteiger partial charge in [0.2, 0.25) is 5.95 Å². The van der Waals surface area contributed by atoms with Gasteiger partial charge in [-0.1, -0.05) is 0 Å². The van der Waals surface area contributed by atoms with E-state index in [1.54, 1.807) is 11.6 Å². The van der Waals surface area contributed by atoms with E-state index in [1.807, 2.05) is 4.90 Å². The largest absolute Gasteiger partial charge is 0.481 e. The van der Waals surface area contributed by atoms with Gasteiger partial charge in [-0.2, -0.15) is 0 Å². The summed E-state index contributed by atoms with van der Waals surface area (Å²) in [6, 6.07) is 0. The maximum atomic E-state index is 12.3. The first kappa shape index (κ1) is 13.1. The second-order valence-corrected chi connectivity index (χ2v) is 5.68. The van der Waals surface area contributed by atoms with E-state index in [-0.39, 0.29) is 11.5 Å².